The maximum Gasteiger partial charge on any atom is 0.341 e. The largest absolute Gasteiger partial charge is 0.378 e. The lowest BCUT2D eigenvalue weighted by Crippen LogP contribution is -2.17. The molecule has 0 atom stereocenters. The number of hydrogen-bond donors (Lipinski definition) is 1. The Bertz CT molecular complexity index is 1620. The molecule has 0 saturated carbocycles. The molecule has 1 N–H and O–H groups in total. The van der Waals surface area contributed by atoms with E-state index in [0.717, 1.165) is 22.6 Å². The van der Waals surface area contributed by atoms with E-state index in [1.807, 2.05) is 45.9 Å². The van der Waals surface area contributed by atoms with Crippen molar-refractivity contribution in [2.75, 3.05) is 0 Å². The van der Waals surface area contributed by atoms with Crippen molar-refractivity contribution < 1.29 is 25.6 Å². The summed E-state index contributed by atoms with van der Waals surface area (Å²) in [4.78, 5) is -1.30. The van der Waals surface area contributed by atoms with Gasteiger partial charge >= 0.3 is 10.1 Å². The van der Waals surface area contributed by atoms with E-state index in [1.54, 1.807) is 30.3 Å². The van der Waals surface area contributed by atoms with Crippen molar-refractivity contribution in [3.63, 3.8) is 0 Å². The number of benzene rings is 4. The van der Waals surface area contributed by atoms with E-state index in [-0.39, 0.29) is 23.0 Å². The molecule has 0 aliphatic heterocycles. The first kappa shape index (κ1) is 24.2. The molecule has 4 rings (SSSR count). The van der Waals surface area contributed by atoms with Gasteiger partial charge in [-0.1, -0.05) is 88.4 Å². The predicted molar refractivity (Wildman–Crippen MR) is 134 cm³/mol. The summed E-state index contributed by atoms with van der Waals surface area (Å²) in [5.41, 5.74) is 1.69. The van der Waals surface area contributed by atoms with Gasteiger partial charge in [-0.15, -0.1) is 0 Å². The SMILES string of the molecule is CC(C)c1cc2ccccc2c(OS(=O)(=O)c2c(S(=O)(=O)O)ccc3ccccc23)c1C(C)C. The monoisotopic (exact) mass is 498 g/mol. The standard InChI is InChI=1S/C26H26O6S2/c1-16(2)22-15-19-10-6-7-11-20(19)25(24(22)17(3)4)32-34(30,31)26-21-12-8-5-9-18(21)13-14-23(26)33(27,28)29/h5-17H,1-4H3,(H,27,28,29). The van der Waals surface area contributed by atoms with Crippen molar-refractivity contribution >= 4 is 41.8 Å². The Morgan fingerprint density at radius 1 is 0.735 bits per heavy atom. The molecule has 8 heteroatoms. The summed E-state index contributed by atoms with van der Waals surface area (Å²) in [6.07, 6.45) is 0. The Kier molecular flexibility index (Phi) is 6.18. The van der Waals surface area contributed by atoms with E-state index in [2.05, 4.69) is 0 Å². The van der Waals surface area contributed by atoms with Gasteiger partial charge < -0.3 is 4.18 Å². The molecule has 0 unspecified atom stereocenters. The lowest BCUT2D eigenvalue weighted by molar-refractivity contribution is 0.468. The Morgan fingerprint density at radius 2 is 1.32 bits per heavy atom. The minimum atomic E-state index is -4.85. The minimum Gasteiger partial charge on any atom is -0.378 e. The highest BCUT2D eigenvalue weighted by Gasteiger charge is 2.32. The quantitative estimate of drug-likeness (QED) is 0.249. The molecule has 4 aromatic rings. The van der Waals surface area contributed by atoms with Crippen LogP contribution in [0.15, 0.2) is 76.5 Å². The van der Waals surface area contributed by atoms with Gasteiger partial charge in [-0.3, -0.25) is 4.55 Å². The fourth-order valence-electron chi connectivity index (χ4n) is 4.35. The first-order chi connectivity index (χ1) is 15.9. The van der Waals surface area contributed by atoms with Crippen LogP contribution in [0.4, 0.5) is 0 Å². The summed E-state index contributed by atoms with van der Waals surface area (Å²) < 4.78 is 67.6. The van der Waals surface area contributed by atoms with Crippen LogP contribution < -0.4 is 4.18 Å². The third-order valence-corrected chi connectivity index (χ3v) is 8.19. The van der Waals surface area contributed by atoms with Gasteiger partial charge in [0, 0.05) is 16.3 Å². The van der Waals surface area contributed by atoms with Crippen molar-refractivity contribution in [2.24, 2.45) is 0 Å². The molecule has 34 heavy (non-hydrogen) atoms. The summed E-state index contributed by atoms with van der Waals surface area (Å²) in [6, 6.07) is 18.4. The molecule has 0 amide bonds. The third kappa shape index (κ3) is 4.29. The smallest absolute Gasteiger partial charge is 0.341 e. The average molecular weight is 499 g/mol. The lowest BCUT2D eigenvalue weighted by Gasteiger charge is -2.23. The zero-order valence-corrected chi connectivity index (χ0v) is 20.9. The highest BCUT2D eigenvalue weighted by molar-refractivity contribution is 7.90. The van der Waals surface area contributed by atoms with Crippen LogP contribution in [0.1, 0.15) is 50.7 Å². The number of fused-ring (bicyclic) bond motifs is 2. The molecule has 6 nitrogen and oxygen atoms in total. The summed E-state index contributed by atoms with van der Waals surface area (Å²) in [5.74, 6) is 0.199. The molecule has 4 aromatic carbocycles. The van der Waals surface area contributed by atoms with Gasteiger partial charge in [0.25, 0.3) is 10.1 Å². The zero-order valence-electron chi connectivity index (χ0n) is 19.3. The van der Waals surface area contributed by atoms with Crippen LogP contribution in [0.25, 0.3) is 21.5 Å². The fourth-order valence-corrected chi connectivity index (χ4v) is 6.81. The lowest BCUT2D eigenvalue weighted by atomic mass is 9.87. The Morgan fingerprint density at radius 3 is 1.91 bits per heavy atom. The molecule has 0 saturated heterocycles. The van der Waals surface area contributed by atoms with Crippen molar-refractivity contribution in [1.29, 1.82) is 0 Å². The fraction of sp³-hybridized carbons (Fsp3) is 0.231. The van der Waals surface area contributed by atoms with Gasteiger partial charge in [-0.2, -0.15) is 16.8 Å². The van der Waals surface area contributed by atoms with E-state index in [9.17, 15) is 21.4 Å². The summed E-state index contributed by atoms with van der Waals surface area (Å²) in [5, 5.41) is 2.07. The van der Waals surface area contributed by atoms with Crippen LogP contribution in [0, 0.1) is 0 Å². The van der Waals surface area contributed by atoms with Gasteiger partial charge in [0.15, 0.2) is 5.75 Å². The molecule has 0 heterocycles. The van der Waals surface area contributed by atoms with E-state index in [0.29, 0.717) is 10.8 Å². The van der Waals surface area contributed by atoms with Crippen molar-refractivity contribution in [2.45, 2.75) is 49.3 Å². The molecule has 0 bridgehead atoms. The van der Waals surface area contributed by atoms with Gasteiger partial charge in [0.2, 0.25) is 0 Å². The first-order valence-corrected chi connectivity index (χ1v) is 13.8. The molecule has 0 spiro atoms. The van der Waals surface area contributed by atoms with Crippen LogP contribution in [0.5, 0.6) is 5.75 Å². The number of hydrogen-bond acceptors (Lipinski definition) is 5. The maximum absolute atomic E-state index is 13.8. The van der Waals surface area contributed by atoms with Crippen molar-refractivity contribution in [3.8, 4) is 5.75 Å². The molecule has 0 fully saturated rings. The predicted octanol–water partition coefficient (Wildman–Crippen LogP) is 6.25. The molecular weight excluding hydrogens is 472 g/mol. The van der Waals surface area contributed by atoms with E-state index in [4.69, 9.17) is 4.18 Å². The zero-order chi connectivity index (χ0) is 24.8. The minimum absolute atomic E-state index is 0.0687. The van der Waals surface area contributed by atoms with Gasteiger partial charge in [0.1, 0.15) is 9.79 Å². The molecule has 178 valence electrons. The highest BCUT2D eigenvalue weighted by atomic mass is 32.2. The van der Waals surface area contributed by atoms with Crippen LogP contribution in [0.3, 0.4) is 0 Å². The normalized spacial score (nSPS) is 12.7. The summed E-state index contributed by atoms with van der Waals surface area (Å²) >= 11 is 0. The third-order valence-electron chi connectivity index (χ3n) is 5.84. The Labute approximate surface area is 200 Å². The van der Waals surface area contributed by atoms with Gasteiger partial charge in [-0.25, -0.2) is 0 Å². The Hall–Kier alpha value is -2.94. The van der Waals surface area contributed by atoms with E-state index >= 15 is 0 Å². The molecular formula is C26H26O6S2. The molecule has 0 radical (unpaired) electrons. The van der Waals surface area contributed by atoms with E-state index < -0.39 is 30.0 Å². The average Bonchev–Trinajstić information content (AvgIpc) is 2.76. The van der Waals surface area contributed by atoms with Gasteiger partial charge in [-0.05, 0) is 34.2 Å². The molecule has 0 aliphatic carbocycles. The summed E-state index contributed by atoms with van der Waals surface area (Å²) in [6.45, 7) is 7.96. The second kappa shape index (κ2) is 8.69. The highest BCUT2D eigenvalue weighted by Crippen LogP contribution is 2.42. The summed E-state index contributed by atoms with van der Waals surface area (Å²) in [7, 11) is -9.53. The number of rotatable bonds is 6. The molecule has 0 aromatic heterocycles. The second-order valence-electron chi connectivity index (χ2n) is 8.87. The first-order valence-electron chi connectivity index (χ1n) is 10.9. The topological polar surface area (TPSA) is 97.7 Å². The van der Waals surface area contributed by atoms with Crippen LogP contribution in [-0.4, -0.2) is 21.4 Å². The maximum atomic E-state index is 13.8. The van der Waals surface area contributed by atoms with Crippen LogP contribution in [-0.2, 0) is 20.2 Å². The van der Waals surface area contributed by atoms with E-state index in [1.165, 1.54) is 12.1 Å². The Balaban J connectivity index is 2.08. The van der Waals surface area contributed by atoms with Crippen molar-refractivity contribution in [1.82, 2.24) is 0 Å². The second-order valence-corrected chi connectivity index (χ2v) is 11.7. The van der Waals surface area contributed by atoms with Crippen LogP contribution >= 0.6 is 0 Å². The molecule has 0 aliphatic rings. The van der Waals surface area contributed by atoms with Gasteiger partial charge in [0.05, 0.1) is 0 Å². The van der Waals surface area contributed by atoms with Crippen LogP contribution in [0.2, 0.25) is 0 Å². The van der Waals surface area contributed by atoms with Crippen molar-refractivity contribution in [3.05, 3.63) is 77.9 Å².